The van der Waals surface area contributed by atoms with E-state index in [1.54, 1.807) is 30.2 Å². The molecule has 19 heavy (non-hydrogen) atoms. The number of ether oxygens (including phenoxy) is 1. The molecule has 0 aliphatic carbocycles. The Hall–Kier alpha value is -2.02. The van der Waals surface area contributed by atoms with Gasteiger partial charge in [-0.15, -0.1) is 10.2 Å². The van der Waals surface area contributed by atoms with Crippen LogP contribution in [-0.4, -0.2) is 20.9 Å². The van der Waals surface area contributed by atoms with E-state index in [-0.39, 0.29) is 5.25 Å². The van der Waals surface area contributed by atoms with E-state index in [1.165, 1.54) is 0 Å². The predicted molar refractivity (Wildman–Crippen MR) is 71.9 cm³/mol. The maximum Gasteiger partial charge on any atom is 0.409 e. The van der Waals surface area contributed by atoms with Crippen LogP contribution < -0.4 is 10.5 Å². The third-order valence-corrected chi connectivity index (χ3v) is 3.70. The van der Waals surface area contributed by atoms with E-state index in [9.17, 15) is 4.79 Å². The van der Waals surface area contributed by atoms with E-state index >= 15 is 0 Å². The smallest absolute Gasteiger partial charge is 0.409 e. The number of amides is 1. The Labute approximate surface area is 115 Å². The molecule has 0 saturated heterocycles. The Morgan fingerprint density at radius 2 is 2.32 bits per heavy atom. The van der Waals surface area contributed by atoms with Crippen LogP contribution in [0.2, 0.25) is 0 Å². The molecule has 0 fully saturated rings. The number of carbonyl (C=O) groups excluding carboxylic acids is 1. The van der Waals surface area contributed by atoms with E-state index in [1.807, 2.05) is 30.7 Å². The molecule has 0 bridgehead atoms. The first-order chi connectivity index (χ1) is 9.06. The van der Waals surface area contributed by atoms with Crippen LogP contribution in [0, 0.1) is 0 Å². The number of nitrogens with two attached hydrogens (primary N) is 1. The van der Waals surface area contributed by atoms with Crippen LogP contribution in [0.5, 0.6) is 5.75 Å². The molecule has 0 spiro atoms. The molecule has 0 aliphatic rings. The van der Waals surface area contributed by atoms with Crippen molar-refractivity contribution < 1.29 is 9.53 Å². The largest absolute Gasteiger partial charge is 0.410 e. The van der Waals surface area contributed by atoms with Crippen LogP contribution in [0.1, 0.15) is 17.7 Å². The average molecular weight is 278 g/mol. The zero-order chi connectivity index (χ0) is 13.8. The summed E-state index contributed by atoms with van der Waals surface area (Å²) in [5.41, 5.74) is 6.01. The highest BCUT2D eigenvalue weighted by Gasteiger charge is 2.12. The summed E-state index contributed by atoms with van der Waals surface area (Å²) in [4.78, 5) is 10.7. The number of primary amides is 1. The molecule has 100 valence electrons. The van der Waals surface area contributed by atoms with Crippen molar-refractivity contribution in [3.05, 3.63) is 36.2 Å². The van der Waals surface area contributed by atoms with E-state index in [2.05, 4.69) is 10.2 Å². The van der Waals surface area contributed by atoms with Gasteiger partial charge in [0.25, 0.3) is 0 Å². The van der Waals surface area contributed by atoms with E-state index in [0.29, 0.717) is 5.75 Å². The van der Waals surface area contributed by atoms with Crippen molar-refractivity contribution in [3.8, 4) is 5.75 Å². The molecular formula is C12H14N4O2S. The molecule has 2 aromatic rings. The summed E-state index contributed by atoms with van der Waals surface area (Å²) < 4.78 is 6.71. The Bertz CT molecular complexity index is 585. The molecule has 2 rings (SSSR count). The van der Waals surface area contributed by atoms with Crippen LogP contribution >= 0.6 is 11.8 Å². The second kappa shape index (κ2) is 5.75. The average Bonchev–Trinajstić information content (AvgIpc) is 2.74. The van der Waals surface area contributed by atoms with Gasteiger partial charge in [0.05, 0.1) is 0 Å². The summed E-state index contributed by atoms with van der Waals surface area (Å²) in [6.45, 7) is 2.04. The third-order valence-electron chi connectivity index (χ3n) is 2.50. The first kappa shape index (κ1) is 13.4. The molecule has 7 heteroatoms. The summed E-state index contributed by atoms with van der Waals surface area (Å²) >= 11 is 1.58. The van der Waals surface area contributed by atoms with Gasteiger partial charge in [-0.05, 0) is 24.6 Å². The second-order valence-electron chi connectivity index (χ2n) is 3.98. The van der Waals surface area contributed by atoms with Crippen LogP contribution in [0.3, 0.4) is 0 Å². The molecule has 1 aromatic carbocycles. The molecule has 1 aromatic heterocycles. The van der Waals surface area contributed by atoms with Crippen LogP contribution in [-0.2, 0) is 7.05 Å². The molecule has 6 nitrogen and oxygen atoms in total. The first-order valence-corrected chi connectivity index (χ1v) is 6.52. The Balaban J connectivity index is 2.12. The summed E-state index contributed by atoms with van der Waals surface area (Å²) in [6.07, 6.45) is 0.840. The topological polar surface area (TPSA) is 83.0 Å². The molecule has 1 amide bonds. The molecule has 0 saturated carbocycles. The minimum atomic E-state index is -0.814. The Morgan fingerprint density at radius 3 is 2.95 bits per heavy atom. The maximum atomic E-state index is 10.7. The number of aromatic nitrogens is 3. The highest BCUT2D eigenvalue weighted by atomic mass is 32.2. The fourth-order valence-corrected chi connectivity index (χ4v) is 2.46. The lowest BCUT2D eigenvalue weighted by molar-refractivity contribution is 0.211. The van der Waals surface area contributed by atoms with Crippen molar-refractivity contribution in [2.24, 2.45) is 12.8 Å². The SMILES string of the molecule is CC(Sc1nncn1C)c1cccc(OC(N)=O)c1. The monoisotopic (exact) mass is 278 g/mol. The van der Waals surface area contributed by atoms with Crippen molar-refractivity contribution in [1.82, 2.24) is 14.8 Å². The molecule has 1 unspecified atom stereocenters. The molecular weight excluding hydrogens is 264 g/mol. The van der Waals surface area contributed by atoms with Crippen molar-refractivity contribution in [2.75, 3.05) is 0 Å². The van der Waals surface area contributed by atoms with E-state index in [0.717, 1.165) is 10.7 Å². The molecule has 1 atom stereocenters. The van der Waals surface area contributed by atoms with Crippen molar-refractivity contribution >= 4 is 17.9 Å². The zero-order valence-corrected chi connectivity index (χ0v) is 11.4. The van der Waals surface area contributed by atoms with Gasteiger partial charge in [0.15, 0.2) is 5.16 Å². The van der Waals surface area contributed by atoms with Crippen LogP contribution in [0.15, 0.2) is 35.7 Å². The second-order valence-corrected chi connectivity index (χ2v) is 5.29. The Morgan fingerprint density at radius 1 is 1.53 bits per heavy atom. The molecule has 2 N–H and O–H groups in total. The lowest BCUT2D eigenvalue weighted by atomic mass is 10.1. The van der Waals surface area contributed by atoms with Gasteiger partial charge >= 0.3 is 6.09 Å². The first-order valence-electron chi connectivity index (χ1n) is 5.64. The van der Waals surface area contributed by atoms with Crippen LogP contribution in [0.25, 0.3) is 0 Å². The summed E-state index contributed by atoms with van der Waals surface area (Å²) in [5.74, 6) is 0.440. The van der Waals surface area contributed by atoms with Crippen LogP contribution in [0.4, 0.5) is 4.79 Å². The maximum absolute atomic E-state index is 10.7. The Kier molecular flexibility index (Phi) is 4.06. The summed E-state index contributed by atoms with van der Waals surface area (Å²) in [5, 5.41) is 8.83. The number of thioether (sulfide) groups is 1. The quantitative estimate of drug-likeness (QED) is 0.866. The fraction of sp³-hybridized carbons (Fsp3) is 0.250. The number of aryl methyl sites for hydroxylation is 1. The van der Waals surface area contributed by atoms with Crippen molar-refractivity contribution in [3.63, 3.8) is 0 Å². The van der Waals surface area contributed by atoms with E-state index < -0.39 is 6.09 Å². The highest BCUT2D eigenvalue weighted by molar-refractivity contribution is 7.99. The molecule has 1 heterocycles. The molecule has 0 radical (unpaired) electrons. The minimum absolute atomic E-state index is 0.152. The van der Waals surface area contributed by atoms with Crippen molar-refractivity contribution in [2.45, 2.75) is 17.3 Å². The number of rotatable bonds is 4. The normalized spacial score (nSPS) is 12.1. The summed E-state index contributed by atoms with van der Waals surface area (Å²) in [6, 6.07) is 7.26. The summed E-state index contributed by atoms with van der Waals surface area (Å²) in [7, 11) is 1.89. The van der Waals surface area contributed by atoms with Gasteiger partial charge in [-0.25, -0.2) is 4.79 Å². The predicted octanol–water partition coefficient (Wildman–Crippen LogP) is 2.13. The lowest BCUT2D eigenvalue weighted by Gasteiger charge is -2.11. The van der Waals surface area contributed by atoms with Gasteiger partial charge in [-0.2, -0.15) is 0 Å². The van der Waals surface area contributed by atoms with Crippen molar-refractivity contribution in [1.29, 1.82) is 0 Å². The number of carbonyl (C=O) groups is 1. The number of benzene rings is 1. The van der Waals surface area contributed by atoms with Gasteiger partial charge in [0.1, 0.15) is 12.1 Å². The minimum Gasteiger partial charge on any atom is -0.410 e. The zero-order valence-electron chi connectivity index (χ0n) is 10.6. The van der Waals surface area contributed by atoms with Gasteiger partial charge in [-0.1, -0.05) is 23.9 Å². The number of hydrogen-bond acceptors (Lipinski definition) is 5. The highest BCUT2D eigenvalue weighted by Crippen LogP contribution is 2.34. The lowest BCUT2D eigenvalue weighted by Crippen LogP contribution is -2.16. The fourth-order valence-electron chi connectivity index (χ4n) is 1.55. The molecule has 0 aliphatic heterocycles. The van der Waals surface area contributed by atoms with E-state index in [4.69, 9.17) is 10.5 Å². The number of nitrogens with zero attached hydrogens (tertiary/aromatic N) is 3. The number of hydrogen-bond donors (Lipinski definition) is 1. The third kappa shape index (κ3) is 3.47. The van der Waals surface area contributed by atoms with Gasteiger partial charge in [0.2, 0.25) is 0 Å². The van der Waals surface area contributed by atoms with Gasteiger partial charge < -0.3 is 15.0 Å². The van der Waals surface area contributed by atoms with Gasteiger partial charge in [-0.3, -0.25) is 0 Å². The van der Waals surface area contributed by atoms with Gasteiger partial charge in [0, 0.05) is 12.3 Å². The standard InChI is InChI=1S/C12H14N4O2S/c1-8(19-12-15-14-7-16(12)2)9-4-3-5-10(6-9)18-11(13)17/h3-8H,1-2H3,(H2,13,17).